The highest BCUT2D eigenvalue weighted by molar-refractivity contribution is 5.38. The molecule has 0 bridgehead atoms. The van der Waals surface area contributed by atoms with Gasteiger partial charge < -0.3 is 14.6 Å². The number of piperazine rings is 1. The maximum atomic E-state index is 13.0. The van der Waals surface area contributed by atoms with Gasteiger partial charge in [-0.1, -0.05) is 12.1 Å². The van der Waals surface area contributed by atoms with Crippen LogP contribution >= 0.6 is 0 Å². The molecule has 2 aromatic carbocycles. The lowest BCUT2D eigenvalue weighted by Crippen LogP contribution is -2.53. The number of hydrogen-bond acceptors (Lipinski definition) is 6. The maximum absolute atomic E-state index is 13.0. The standard InChI is InChI=1S/C27H34FN3O3/c1-33-26-4-2-3-21(17-26)27(20-29)11-9-23(10-12-27)31-15-13-30(14-16-31)18-24(32)19-34-25-7-5-22(28)6-8-25/h2-8,17,23-24,32H,9-16,18-19H2,1H3/t23-,24?,27-. The molecule has 0 spiro atoms. The van der Waals surface area contributed by atoms with Crippen molar-refractivity contribution in [3.63, 3.8) is 0 Å². The molecule has 34 heavy (non-hydrogen) atoms. The summed E-state index contributed by atoms with van der Waals surface area (Å²) in [5.74, 6) is 1.06. The molecule has 1 atom stereocenters. The highest BCUT2D eigenvalue weighted by Gasteiger charge is 2.39. The van der Waals surface area contributed by atoms with Crippen LogP contribution in [0.15, 0.2) is 48.5 Å². The van der Waals surface area contributed by atoms with E-state index >= 15 is 0 Å². The fourth-order valence-corrected chi connectivity index (χ4v) is 5.23. The summed E-state index contributed by atoms with van der Waals surface area (Å²) in [4.78, 5) is 4.82. The van der Waals surface area contributed by atoms with Crippen LogP contribution in [0, 0.1) is 17.1 Å². The second-order valence-electron chi connectivity index (χ2n) is 9.41. The van der Waals surface area contributed by atoms with E-state index in [0.717, 1.165) is 63.2 Å². The summed E-state index contributed by atoms with van der Waals surface area (Å²) in [7, 11) is 1.66. The fraction of sp³-hybridized carbons (Fsp3) is 0.519. The number of rotatable bonds is 8. The van der Waals surface area contributed by atoms with Gasteiger partial charge in [0, 0.05) is 38.8 Å². The smallest absolute Gasteiger partial charge is 0.123 e. The molecule has 7 heteroatoms. The quantitative estimate of drug-likeness (QED) is 0.640. The second kappa shape index (κ2) is 11.2. The van der Waals surface area contributed by atoms with Crippen LogP contribution in [-0.2, 0) is 5.41 Å². The number of methoxy groups -OCH3 is 1. The first-order valence-corrected chi connectivity index (χ1v) is 12.1. The Balaban J connectivity index is 1.22. The third-order valence-corrected chi connectivity index (χ3v) is 7.29. The summed E-state index contributed by atoms with van der Waals surface area (Å²) in [6.45, 7) is 4.50. The Hall–Kier alpha value is -2.66. The van der Waals surface area contributed by atoms with Crippen molar-refractivity contribution in [2.24, 2.45) is 0 Å². The van der Waals surface area contributed by atoms with Gasteiger partial charge in [0.2, 0.25) is 0 Å². The summed E-state index contributed by atoms with van der Waals surface area (Å²) >= 11 is 0. The molecule has 2 fully saturated rings. The zero-order valence-corrected chi connectivity index (χ0v) is 19.8. The molecule has 1 heterocycles. The summed E-state index contributed by atoms with van der Waals surface area (Å²) in [5, 5.41) is 20.4. The molecule has 1 unspecified atom stereocenters. The Morgan fingerprint density at radius 2 is 1.79 bits per heavy atom. The summed E-state index contributed by atoms with van der Waals surface area (Å²) in [6, 6.07) is 16.9. The average molecular weight is 468 g/mol. The predicted molar refractivity (Wildman–Crippen MR) is 128 cm³/mol. The molecule has 0 amide bonds. The van der Waals surface area contributed by atoms with Gasteiger partial charge in [0.05, 0.1) is 18.6 Å². The van der Waals surface area contributed by atoms with E-state index in [4.69, 9.17) is 9.47 Å². The van der Waals surface area contributed by atoms with Gasteiger partial charge >= 0.3 is 0 Å². The van der Waals surface area contributed by atoms with E-state index in [2.05, 4.69) is 21.9 Å². The van der Waals surface area contributed by atoms with Gasteiger partial charge in [-0.25, -0.2) is 4.39 Å². The Morgan fingerprint density at radius 1 is 1.09 bits per heavy atom. The van der Waals surface area contributed by atoms with Crippen LogP contribution < -0.4 is 9.47 Å². The molecule has 1 aliphatic heterocycles. The van der Waals surface area contributed by atoms with Gasteiger partial charge in [-0.05, 0) is 67.6 Å². The Bertz CT molecular complexity index is 962. The number of nitriles is 1. The van der Waals surface area contributed by atoms with E-state index in [0.29, 0.717) is 18.3 Å². The number of nitrogens with zero attached hydrogens (tertiary/aromatic N) is 3. The molecule has 1 saturated heterocycles. The topological polar surface area (TPSA) is 69.0 Å². The molecule has 182 valence electrons. The molecular formula is C27H34FN3O3. The van der Waals surface area contributed by atoms with Crippen molar-refractivity contribution in [3.05, 3.63) is 59.9 Å². The van der Waals surface area contributed by atoms with Crippen LogP contribution in [0.1, 0.15) is 31.2 Å². The lowest BCUT2D eigenvalue weighted by Gasteiger charge is -2.44. The predicted octanol–water partition coefficient (Wildman–Crippen LogP) is 3.60. The monoisotopic (exact) mass is 467 g/mol. The molecule has 2 aliphatic rings. The lowest BCUT2D eigenvalue weighted by atomic mass is 9.69. The molecule has 0 radical (unpaired) electrons. The third kappa shape index (κ3) is 5.87. The van der Waals surface area contributed by atoms with E-state index in [-0.39, 0.29) is 12.4 Å². The average Bonchev–Trinajstić information content (AvgIpc) is 2.89. The molecule has 1 N–H and O–H groups in total. The Labute approximate surface area is 201 Å². The molecular weight excluding hydrogens is 433 g/mol. The number of halogens is 1. The lowest BCUT2D eigenvalue weighted by molar-refractivity contribution is 0.0286. The summed E-state index contributed by atoms with van der Waals surface area (Å²) in [5.41, 5.74) is 0.635. The van der Waals surface area contributed by atoms with Crippen molar-refractivity contribution in [2.75, 3.05) is 46.4 Å². The van der Waals surface area contributed by atoms with E-state index in [9.17, 15) is 14.8 Å². The Morgan fingerprint density at radius 3 is 2.44 bits per heavy atom. The van der Waals surface area contributed by atoms with Gasteiger partial charge in [0.15, 0.2) is 0 Å². The van der Waals surface area contributed by atoms with Crippen molar-refractivity contribution in [1.82, 2.24) is 9.80 Å². The van der Waals surface area contributed by atoms with Gasteiger partial charge in [-0.3, -0.25) is 9.80 Å². The minimum atomic E-state index is -0.592. The van der Waals surface area contributed by atoms with Gasteiger partial charge in [0.25, 0.3) is 0 Å². The van der Waals surface area contributed by atoms with Crippen LogP contribution in [0.3, 0.4) is 0 Å². The first kappa shape index (κ1) is 24.5. The molecule has 1 saturated carbocycles. The van der Waals surface area contributed by atoms with Crippen molar-refractivity contribution in [3.8, 4) is 17.6 Å². The maximum Gasteiger partial charge on any atom is 0.123 e. The number of ether oxygens (including phenoxy) is 2. The fourth-order valence-electron chi connectivity index (χ4n) is 5.23. The van der Waals surface area contributed by atoms with E-state index < -0.39 is 11.5 Å². The number of hydrogen-bond donors (Lipinski definition) is 1. The summed E-state index contributed by atoms with van der Waals surface area (Å²) < 4.78 is 23.9. The SMILES string of the molecule is COc1cccc([C@]2(C#N)CC[C@@H](N3CCN(CC(O)COc4ccc(F)cc4)CC3)CC2)c1. The molecule has 2 aromatic rings. The number of benzene rings is 2. The largest absolute Gasteiger partial charge is 0.497 e. The van der Waals surface area contributed by atoms with Gasteiger partial charge in [-0.2, -0.15) is 5.26 Å². The number of β-amino-alcohol motifs (C(OH)–C–C–N with tert-alkyl or cyclic N) is 1. The molecule has 4 rings (SSSR count). The van der Waals surface area contributed by atoms with Crippen LogP contribution in [0.25, 0.3) is 0 Å². The Kier molecular flexibility index (Phi) is 8.04. The van der Waals surface area contributed by atoms with Crippen LogP contribution in [0.2, 0.25) is 0 Å². The van der Waals surface area contributed by atoms with E-state index in [1.54, 1.807) is 19.2 Å². The highest BCUT2D eigenvalue weighted by atomic mass is 19.1. The van der Waals surface area contributed by atoms with Crippen molar-refractivity contribution < 1.29 is 19.0 Å². The minimum Gasteiger partial charge on any atom is -0.497 e. The highest BCUT2D eigenvalue weighted by Crippen LogP contribution is 2.41. The van der Waals surface area contributed by atoms with E-state index in [1.165, 1.54) is 12.1 Å². The van der Waals surface area contributed by atoms with Crippen LogP contribution in [0.4, 0.5) is 4.39 Å². The number of aliphatic hydroxyl groups is 1. The molecule has 0 aromatic heterocycles. The van der Waals surface area contributed by atoms with Gasteiger partial charge in [-0.15, -0.1) is 0 Å². The first-order valence-electron chi connectivity index (χ1n) is 12.1. The third-order valence-electron chi connectivity index (χ3n) is 7.29. The zero-order chi connectivity index (χ0) is 24.0. The van der Waals surface area contributed by atoms with Gasteiger partial charge in [0.1, 0.15) is 30.0 Å². The van der Waals surface area contributed by atoms with Crippen molar-refractivity contribution >= 4 is 0 Å². The second-order valence-corrected chi connectivity index (χ2v) is 9.41. The van der Waals surface area contributed by atoms with E-state index in [1.807, 2.05) is 18.2 Å². The number of aliphatic hydroxyl groups excluding tert-OH is 1. The van der Waals surface area contributed by atoms with Crippen LogP contribution in [0.5, 0.6) is 11.5 Å². The molecule has 6 nitrogen and oxygen atoms in total. The zero-order valence-electron chi connectivity index (χ0n) is 19.8. The summed E-state index contributed by atoms with van der Waals surface area (Å²) in [6.07, 6.45) is 3.16. The van der Waals surface area contributed by atoms with Crippen molar-refractivity contribution in [1.29, 1.82) is 5.26 Å². The first-order chi connectivity index (χ1) is 16.5. The normalized spacial score (nSPS) is 24.8. The molecule has 1 aliphatic carbocycles. The van der Waals surface area contributed by atoms with Crippen molar-refractivity contribution in [2.45, 2.75) is 43.2 Å². The van der Waals surface area contributed by atoms with Crippen LogP contribution in [-0.4, -0.2) is 73.5 Å². The minimum absolute atomic E-state index is 0.189.